The summed E-state index contributed by atoms with van der Waals surface area (Å²) in [5, 5.41) is 7.00. The summed E-state index contributed by atoms with van der Waals surface area (Å²) in [5.41, 5.74) is 0.250. The van der Waals surface area contributed by atoms with Crippen LogP contribution in [0.2, 0.25) is 0 Å². The fourth-order valence-corrected chi connectivity index (χ4v) is 2.13. The molecule has 3 heteroatoms. The van der Waals surface area contributed by atoms with E-state index in [-0.39, 0.29) is 5.54 Å². The second kappa shape index (κ2) is 8.06. The molecule has 0 radical (unpaired) electrons. The molecule has 0 amide bonds. The summed E-state index contributed by atoms with van der Waals surface area (Å²) in [6.07, 6.45) is 6.77. The van der Waals surface area contributed by atoms with Crippen LogP contribution in [0.1, 0.15) is 52.9 Å². The Morgan fingerprint density at radius 1 is 1.12 bits per heavy atom. The summed E-state index contributed by atoms with van der Waals surface area (Å²) in [7, 11) is 0. The number of ether oxygens (including phenoxy) is 1. The summed E-state index contributed by atoms with van der Waals surface area (Å²) in [4.78, 5) is 0. The van der Waals surface area contributed by atoms with Gasteiger partial charge in [-0.15, -0.1) is 0 Å². The van der Waals surface area contributed by atoms with Crippen LogP contribution in [-0.4, -0.2) is 37.9 Å². The first-order chi connectivity index (χ1) is 8.08. The highest BCUT2D eigenvalue weighted by atomic mass is 16.5. The van der Waals surface area contributed by atoms with Gasteiger partial charge in [-0.3, -0.25) is 0 Å². The largest absolute Gasteiger partial charge is 0.378 e. The predicted octanol–water partition coefficient (Wildman–Crippen LogP) is 2.31. The number of hydrogen-bond acceptors (Lipinski definition) is 3. The van der Waals surface area contributed by atoms with Crippen molar-refractivity contribution in [3.8, 4) is 0 Å². The average molecular weight is 242 g/mol. The Kier molecular flexibility index (Phi) is 7.09. The van der Waals surface area contributed by atoms with Crippen LogP contribution in [0, 0.1) is 0 Å². The zero-order valence-corrected chi connectivity index (χ0v) is 11.8. The van der Waals surface area contributed by atoms with Crippen LogP contribution in [-0.2, 0) is 4.74 Å². The quantitative estimate of drug-likeness (QED) is 0.641. The monoisotopic (exact) mass is 242 g/mol. The van der Waals surface area contributed by atoms with Gasteiger partial charge in [-0.2, -0.15) is 0 Å². The maximum absolute atomic E-state index is 5.60. The van der Waals surface area contributed by atoms with Crippen LogP contribution in [0.15, 0.2) is 0 Å². The molecule has 1 atom stereocenters. The van der Waals surface area contributed by atoms with Crippen LogP contribution in [0.4, 0.5) is 0 Å². The lowest BCUT2D eigenvalue weighted by molar-refractivity contribution is 0.102. The van der Waals surface area contributed by atoms with Crippen LogP contribution in [0.3, 0.4) is 0 Å². The standard InChI is InChI=1S/C14H30N2O/c1-14(2,3)16-11-6-10-15-9-4-7-13-8-5-12-17-13/h13,15-16H,4-12H2,1-3H3. The average Bonchev–Trinajstić information content (AvgIpc) is 2.73. The molecule has 102 valence electrons. The van der Waals surface area contributed by atoms with Crippen LogP contribution in [0.5, 0.6) is 0 Å². The Morgan fingerprint density at radius 3 is 2.53 bits per heavy atom. The van der Waals surface area contributed by atoms with Crippen molar-refractivity contribution < 1.29 is 4.74 Å². The van der Waals surface area contributed by atoms with Gasteiger partial charge in [0.1, 0.15) is 0 Å². The highest BCUT2D eigenvalue weighted by Gasteiger charge is 2.14. The molecule has 0 spiro atoms. The van der Waals surface area contributed by atoms with Crippen LogP contribution < -0.4 is 10.6 Å². The number of hydrogen-bond donors (Lipinski definition) is 2. The van der Waals surface area contributed by atoms with Crippen LogP contribution >= 0.6 is 0 Å². The minimum atomic E-state index is 0.250. The van der Waals surface area contributed by atoms with E-state index in [1.165, 1.54) is 32.1 Å². The molecular weight excluding hydrogens is 212 g/mol. The lowest BCUT2D eigenvalue weighted by Crippen LogP contribution is -2.37. The molecule has 1 saturated heterocycles. The first kappa shape index (κ1) is 14.9. The molecule has 1 heterocycles. The Labute approximate surface area is 107 Å². The zero-order chi connectivity index (χ0) is 12.6. The van der Waals surface area contributed by atoms with E-state index in [2.05, 4.69) is 31.4 Å². The molecule has 1 fully saturated rings. The second-order valence-electron chi connectivity index (χ2n) is 6.06. The van der Waals surface area contributed by atoms with E-state index < -0.39 is 0 Å². The summed E-state index contributed by atoms with van der Waals surface area (Å²) >= 11 is 0. The maximum Gasteiger partial charge on any atom is 0.0576 e. The first-order valence-electron chi connectivity index (χ1n) is 7.15. The molecule has 1 rings (SSSR count). The van der Waals surface area contributed by atoms with Gasteiger partial charge in [-0.25, -0.2) is 0 Å². The van der Waals surface area contributed by atoms with E-state index in [9.17, 15) is 0 Å². The van der Waals surface area contributed by atoms with Crippen molar-refractivity contribution in [3.63, 3.8) is 0 Å². The van der Waals surface area contributed by atoms with Crippen molar-refractivity contribution >= 4 is 0 Å². The van der Waals surface area contributed by atoms with Crippen molar-refractivity contribution in [2.45, 2.75) is 64.5 Å². The van der Waals surface area contributed by atoms with Crippen molar-refractivity contribution in [2.24, 2.45) is 0 Å². The number of nitrogens with one attached hydrogen (secondary N) is 2. The molecule has 3 nitrogen and oxygen atoms in total. The van der Waals surface area contributed by atoms with E-state index in [0.717, 1.165) is 26.2 Å². The molecule has 1 unspecified atom stereocenters. The van der Waals surface area contributed by atoms with E-state index in [1.54, 1.807) is 0 Å². The van der Waals surface area contributed by atoms with Gasteiger partial charge < -0.3 is 15.4 Å². The fourth-order valence-electron chi connectivity index (χ4n) is 2.13. The Morgan fingerprint density at radius 2 is 1.88 bits per heavy atom. The fraction of sp³-hybridized carbons (Fsp3) is 1.00. The van der Waals surface area contributed by atoms with E-state index in [4.69, 9.17) is 4.74 Å². The maximum atomic E-state index is 5.60. The highest BCUT2D eigenvalue weighted by molar-refractivity contribution is 4.70. The molecule has 0 aliphatic carbocycles. The topological polar surface area (TPSA) is 33.3 Å². The van der Waals surface area contributed by atoms with Crippen molar-refractivity contribution in [3.05, 3.63) is 0 Å². The van der Waals surface area contributed by atoms with Gasteiger partial charge >= 0.3 is 0 Å². The minimum absolute atomic E-state index is 0.250. The summed E-state index contributed by atoms with van der Waals surface area (Å²) in [6, 6.07) is 0. The molecule has 0 saturated carbocycles. The third-order valence-corrected chi connectivity index (χ3v) is 3.09. The molecule has 0 aromatic heterocycles. The van der Waals surface area contributed by atoms with Crippen molar-refractivity contribution in [1.82, 2.24) is 10.6 Å². The van der Waals surface area contributed by atoms with Gasteiger partial charge in [0.05, 0.1) is 6.10 Å². The van der Waals surface area contributed by atoms with E-state index in [1.807, 2.05) is 0 Å². The van der Waals surface area contributed by atoms with Crippen molar-refractivity contribution in [1.29, 1.82) is 0 Å². The Balaban J connectivity index is 1.78. The van der Waals surface area contributed by atoms with Gasteiger partial charge in [-0.1, -0.05) is 0 Å². The van der Waals surface area contributed by atoms with Crippen molar-refractivity contribution in [2.75, 3.05) is 26.2 Å². The van der Waals surface area contributed by atoms with E-state index >= 15 is 0 Å². The summed E-state index contributed by atoms with van der Waals surface area (Å²) < 4.78 is 5.60. The smallest absolute Gasteiger partial charge is 0.0576 e. The molecule has 0 bridgehead atoms. The summed E-state index contributed by atoms with van der Waals surface area (Å²) in [5.74, 6) is 0. The van der Waals surface area contributed by atoms with Gasteiger partial charge in [0.25, 0.3) is 0 Å². The molecule has 1 aliphatic rings. The molecule has 2 N–H and O–H groups in total. The zero-order valence-electron chi connectivity index (χ0n) is 11.8. The summed E-state index contributed by atoms with van der Waals surface area (Å²) in [6.45, 7) is 11.0. The Hall–Kier alpha value is -0.120. The Bertz CT molecular complexity index is 183. The molecule has 17 heavy (non-hydrogen) atoms. The van der Waals surface area contributed by atoms with Gasteiger partial charge in [-0.05, 0) is 72.5 Å². The normalized spacial score (nSPS) is 21.0. The SMILES string of the molecule is CC(C)(C)NCCCNCCCC1CCCO1. The lowest BCUT2D eigenvalue weighted by Gasteiger charge is -2.20. The molecular formula is C14H30N2O. The van der Waals surface area contributed by atoms with Gasteiger partial charge in [0.15, 0.2) is 0 Å². The highest BCUT2D eigenvalue weighted by Crippen LogP contribution is 2.16. The first-order valence-corrected chi connectivity index (χ1v) is 7.15. The predicted molar refractivity (Wildman–Crippen MR) is 73.5 cm³/mol. The second-order valence-corrected chi connectivity index (χ2v) is 6.06. The number of rotatable bonds is 8. The third-order valence-electron chi connectivity index (χ3n) is 3.09. The molecule has 1 aliphatic heterocycles. The molecule has 0 aromatic carbocycles. The third kappa shape index (κ3) is 8.58. The van der Waals surface area contributed by atoms with Gasteiger partial charge in [0, 0.05) is 12.1 Å². The lowest BCUT2D eigenvalue weighted by atomic mass is 10.1. The molecule has 0 aromatic rings. The van der Waals surface area contributed by atoms with E-state index in [0.29, 0.717) is 6.10 Å². The van der Waals surface area contributed by atoms with Crippen LogP contribution in [0.25, 0.3) is 0 Å². The van der Waals surface area contributed by atoms with Gasteiger partial charge in [0.2, 0.25) is 0 Å². The minimum Gasteiger partial charge on any atom is -0.378 e.